The minimum atomic E-state index is -4.88. The van der Waals surface area contributed by atoms with E-state index in [-0.39, 0.29) is 124 Å². The Hall–Kier alpha value is -6.98. The lowest BCUT2D eigenvalue weighted by molar-refractivity contribution is 0.0974. The fourth-order valence-corrected chi connectivity index (χ4v) is 7.59. The first-order chi connectivity index (χ1) is 34.7. The molecule has 384 valence electrons. The molecular weight excluding hydrogens is 977 g/mol. The van der Waals surface area contributed by atoms with Crippen LogP contribution in [0, 0.1) is 0 Å². The maximum atomic E-state index is 12.9. The van der Waals surface area contributed by atoms with E-state index in [1.165, 1.54) is 42.5 Å². The lowest BCUT2D eigenvalue weighted by atomic mass is 10.1. The predicted octanol–water partition coefficient (Wildman–Crippen LogP) is 4.36. The smallest absolute Gasteiger partial charge is 0.357 e. The number of nitrogens with zero attached hydrogens (tertiary/aromatic N) is 8. The number of anilines is 10. The van der Waals surface area contributed by atoms with Crippen LogP contribution in [-0.4, -0.2) is 150 Å². The Morgan fingerprint density at radius 3 is 1.51 bits per heavy atom. The molecule has 0 bridgehead atoms. The van der Waals surface area contributed by atoms with E-state index in [1.54, 1.807) is 29.7 Å². The number of para-hydroxylation sites is 2. The summed E-state index contributed by atoms with van der Waals surface area (Å²) in [6.45, 7) is 4.26. The third kappa shape index (κ3) is 16.8. The van der Waals surface area contributed by atoms with Crippen LogP contribution in [0.3, 0.4) is 0 Å². The van der Waals surface area contributed by atoms with E-state index in [9.17, 15) is 42.2 Å². The van der Waals surface area contributed by atoms with Crippen LogP contribution in [0.4, 0.5) is 58.4 Å². The number of hydrogen-bond donors (Lipinski definition) is 10. The van der Waals surface area contributed by atoms with Gasteiger partial charge in [-0.25, -0.2) is 0 Å². The Balaban J connectivity index is 1.30. The Morgan fingerprint density at radius 1 is 0.625 bits per heavy atom. The second-order valence-electron chi connectivity index (χ2n) is 15.5. The highest BCUT2D eigenvalue weighted by Gasteiger charge is 2.21. The Kier molecular flexibility index (Phi) is 20.4. The van der Waals surface area contributed by atoms with Gasteiger partial charge in [0, 0.05) is 60.6 Å². The average molecular weight is 1030 g/mol. The van der Waals surface area contributed by atoms with Crippen LogP contribution in [0.2, 0.25) is 0 Å². The largest absolute Gasteiger partial charge is 0.394 e. The zero-order valence-electron chi connectivity index (χ0n) is 39.1. The van der Waals surface area contributed by atoms with E-state index >= 15 is 0 Å². The van der Waals surface area contributed by atoms with E-state index in [0.717, 1.165) is 5.69 Å². The number of aromatic nitrogens is 6. The number of aliphatic hydroxyl groups is 4. The molecule has 0 saturated carbocycles. The highest BCUT2D eigenvalue weighted by atomic mass is 32.2. The maximum Gasteiger partial charge on any atom is 0.357 e. The molecule has 24 nitrogen and oxygen atoms in total. The van der Waals surface area contributed by atoms with Crippen molar-refractivity contribution < 1.29 is 55.8 Å². The van der Waals surface area contributed by atoms with Crippen LogP contribution < -0.4 is 35.3 Å². The molecule has 0 aliphatic heterocycles. The van der Waals surface area contributed by atoms with E-state index in [2.05, 4.69) is 51.2 Å². The van der Waals surface area contributed by atoms with Gasteiger partial charge in [-0.3, -0.25) is 9.11 Å². The molecule has 2 aromatic heterocycles. The number of aliphatic hydroxyl groups excluding tert-OH is 4. The molecule has 0 spiro atoms. The van der Waals surface area contributed by atoms with Crippen molar-refractivity contribution in [2.45, 2.75) is 31.0 Å². The molecule has 0 radical (unpaired) electrons. The van der Waals surface area contributed by atoms with Gasteiger partial charge in [0.05, 0.1) is 51.8 Å². The van der Waals surface area contributed by atoms with E-state index in [4.69, 9.17) is 13.7 Å². The standard InChI is InChI=1S/C46H56N12O12S2/c1-31(61)29-47-41-51-43(55-45(53-41)57(19-23-68-25-21-59)37-9-5-3-6-10-37)49-35-17-15-33(39(27-35)70-71(63)64)13-14-34-16-18-36(28-40(34)72(65,66)67)50-44-52-42(48-30-32(2)62)54-46(56-44)58(20-24-69-26-22-60)38-11-7-4-8-12-38/h3-18,27-28,31-32,59-62H,19-26,29-30H2,1-2H3,(H,63,64)(H,65,66,67)(H2,47,49,51,53,55)(H2,48,50,52,54,56). The first-order valence-electron chi connectivity index (χ1n) is 22.3. The van der Waals surface area contributed by atoms with Gasteiger partial charge in [-0.05, 0) is 67.9 Å². The van der Waals surface area contributed by atoms with Crippen molar-refractivity contribution in [3.8, 4) is 5.75 Å². The summed E-state index contributed by atoms with van der Waals surface area (Å²) in [5.74, 6) is 0.445. The monoisotopic (exact) mass is 1030 g/mol. The maximum absolute atomic E-state index is 12.9. The summed E-state index contributed by atoms with van der Waals surface area (Å²) >= 11 is -2.81. The van der Waals surface area contributed by atoms with Gasteiger partial charge in [-0.1, -0.05) is 54.6 Å². The van der Waals surface area contributed by atoms with Crippen LogP contribution in [-0.2, 0) is 31.0 Å². The minimum absolute atomic E-state index is 0.0229. The molecule has 72 heavy (non-hydrogen) atoms. The molecule has 3 atom stereocenters. The van der Waals surface area contributed by atoms with Crippen molar-refractivity contribution >= 4 is 92.1 Å². The molecule has 0 fully saturated rings. The number of benzene rings is 4. The average Bonchev–Trinajstić information content (AvgIpc) is 3.35. The van der Waals surface area contributed by atoms with Crippen molar-refractivity contribution in [3.63, 3.8) is 0 Å². The van der Waals surface area contributed by atoms with E-state index in [0.29, 0.717) is 11.4 Å². The summed E-state index contributed by atoms with van der Waals surface area (Å²) in [6, 6.07) is 27.0. The fraction of sp³-hybridized carbons (Fsp3) is 0.304. The Bertz CT molecular complexity index is 2840. The summed E-state index contributed by atoms with van der Waals surface area (Å²) in [4.78, 5) is 30.3. The van der Waals surface area contributed by atoms with E-state index < -0.39 is 38.6 Å². The molecular formula is C46H56N12O12S2. The highest BCUT2D eigenvalue weighted by molar-refractivity contribution is 7.86. The SMILES string of the molecule is CC(O)CNc1nc(Nc2ccc(C=Cc3ccc(Nc4nc(NCC(C)O)nc(N(CCOCCO)c5ccccc5)n4)cc3S(=O)(=O)O)c(OS(=O)O)c2)nc(N(CCOCCO)c2ccccc2)n1. The van der Waals surface area contributed by atoms with Gasteiger partial charge in [0.1, 0.15) is 4.90 Å². The van der Waals surface area contributed by atoms with Gasteiger partial charge in [0.2, 0.25) is 35.7 Å². The molecule has 0 aliphatic rings. The topological polar surface area (TPSA) is 332 Å². The highest BCUT2D eigenvalue weighted by Crippen LogP contribution is 2.32. The quantitative estimate of drug-likeness (QED) is 0.0135. The Morgan fingerprint density at radius 2 is 1.07 bits per heavy atom. The second-order valence-corrected chi connectivity index (χ2v) is 17.5. The molecule has 0 amide bonds. The van der Waals surface area contributed by atoms with Crippen LogP contribution >= 0.6 is 0 Å². The third-order valence-corrected chi connectivity index (χ3v) is 11.0. The van der Waals surface area contributed by atoms with Crippen molar-refractivity contribution in [1.29, 1.82) is 0 Å². The zero-order valence-corrected chi connectivity index (χ0v) is 40.8. The lowest BCUT2D eigenvalue weighted by Gasteiger charge is -2.24. The molecule has 6 rings (SSSR count). The van der Waals surface area contributed by atoms with Crippen molar-refractivity contribution in [2.24, 2.45) is 0 Å². The molecule has 6 aromatic rings. The Labute approximate surface area is 418 Å². The van der Waals surface area contributed by atoms with Crippen molar-refractivity contribution in [1.82, 2.24) is 29.9 Å². The van der Waals surface area contributed by atoms with E-state index in [1.807, 2.05) is 60.7 Å². The summed E-state index contributed by atoms with van der Waals surface area (Å²) in [6.07, 6.45) is 1.27. The van der Waals surface area contributed by atoms with Gasteiger partial charge in [-0.15, -0.1) is 0 Å². The van der Waals surface area contributed by atoms with Crippen molar-refractivity contribution in [2.75, 3.05) is 96.9 Å². The van der Waals surface area contributed by atoms with Crippen LogP contribution in [0.5, 0.6) is 5.75 Å². The van der Waals surface area contributed by atoms with Gasteiger partial charge in [0.15, 0.2) is 5.75 Å². The fourth-order valence-electron chi connectivity index (χ4n) is 6.58. The zero-order chi connectivity index (χ0) is 51.5. The normalized spacial score (nSPS) is 12.8. The summed E-state index contributed by atoms with van der Waals surface area (Å²) in [7, 11) is -4.88. The molecule has 0 aliphatic carbocycles. The van der Waals surface area contributed by atoms with Gasteiger partial charge >= 0.3 is 11.4 Å². The third-order valence-electron chi connectivity index (χ3n) is 9.79. The number of hydrogen-bond acceptors (Lipinski definition) is 22. The van der Waals surface area contributed by atoms with Crippen LogP contribution in [0.25, 0.3) is 12.2 Å². The van der Waals surface area contributed by atoms with Crippen molar-refractivity contribution in [3.05, 3.63) is 108 Å². The number of nitrogens with one attached hydrogen (secondary N) is 4. The summed E-state index contributed by atoms with van der Waals surface area (Å²) in [5.41, 5.74) is 2.12. The molecule has 26 heteroatoms. The van der Waals surface area contributed by atoms with Gasteiger partial charge in [-0.2, -0.15) is 42.5 Å². The number of ether oxygens (including phenoxy) is 2. The first-order valence-corrected chi connectivity index (χ1v) is 24.8. The van der Waals surface area contributed by atoms with Gasteiger partial charge < -0.3 is 65.1 Å². The summed E-state index contributed by atoms with van der Waals surface area (Å²) in [5, 5.41) is 50.5. The molecule has 2 heterocycles. The molecule has 3 unspecified atom stereocenters. The molecule has 4 aromatic carbocycles. The molecule has 0 saturated heterocycles. The van der Waals surface area contributed by atoms with Crippen LogP contribution in [0.15, 0.2) is 102 Å². The minimum Gasteiger partial charge on any atom is -0.394 e. The predicted molar refractivity (Wildman–Crippen MR) is 272 cm³/mol. The lowest BCUT2D eigenvalue weighted by Crippen LogP contribution is -2.26. The number of rotatable bonds is 29. The van der Waals surface area contributed by atoms with Crippen LogP contribution in [0.1, 0.15) is 25.0 Å². The first kappa shape index (κ1) is 54.4. The van der Waals surface area contributed by atoms with Gasteiger partial charge in [0.25, 0.3) is 10.1 Å². The summed E-state index contributed by atoms with van der Waals surface area (Å²) < 4.78 is 74.5. The second kappa shape index (κ2) is 27.0. The molecule has 10 N–H and O–H groups in total.